The Bertz CT molecular complexity index is 519. The van der Waals surface area contributed by atoms with E-state index in [0.717, 1.165) is 0 Å². The molecule has 0 atom stereocenters. The number of halogens is 2. The summed E-state index contributed by atoms with van der Waals surface area (Å²) in [6.45, 7) is 0. The first-order chi connectivity index (χ1) is 6.58. The Morgan fingerprint density at radius 2 is 2.00 bits per heavy atom. The minimum atomic E-state index is -1.27. The topological polar surface area (TPSA) is 55.9 Å². The molecular formula is C9H4Cl2NO2-. The van der Waals surface area contributed by atoms with E-state index in [9.17, 15) is 9.90 Å². The van der Waals surface area contributed by atoms with Crippen molar-refractivity contribution in [2.45, 2.75) is 0 Å². The molecule has 1 heterocycles. The van der Waals surface area contributed by atoms with Crippen LogP contribution in [-0.2, 0) is 0 Å². The van der Waals surface area contributed by atoms with E-state index in [1.165, 1.54) is 6.07 Å². The summed E-state index contributed by atoms with van der Waals surface area (Å²) >= 11 is 11.6. The van der Waals surface area contributed by atoms with E-state index in [4.69, 9.17) is 23.2 Å². The predicted octanol–water partition coefficient (Wildman–Crippen LogP) is 1.84. The van der Waals surface area contributed by atoms with Crippen LogP contribution in [0, 0.1) is 0 Å². The van der Waals surface area contributed by atoms with E-state index in [1.807, 2.05) is 0 Å². The van der Waals surface area contributed by atoms with Crippen molar-refractivity contribution in [3.63, 3.8) is 0 Å². The number of nitrogens with one attached hydrogen (secondary N) is 1. The summed E-state index contributed by atoms with van der Waals surface area (Å²) in [6, 6.07) is 4.58. The summed E-state index contributed by atoms with van der Waals surface area (Å²) < 4.78 is 0. The zero-order valence-corrected chi connectivity index (χ0v) is 8.32. The number of H-pyrrole nitrogens is 1. The van der Waals surface area contributed by atoms with Gasteiger partial charge in [-0.2, -0.15) is 0 Å². The number of aromatic amines is 1. The first kappa shape index (κ1) is 9.37. The fourth-order valence-corrected chi connectivity index (χ4v) is 1.82. The van der Waals surface area contributed by atoms with Crippen molar-refractivity contribution < 1.29 is 9.90 Å². The van der Waals surface area contributed by atoms with Crippen molar-refractivity contribution in [3.8, 4) is 0 Å². The van der Waals surface area contributed by atoms with Gasteiger partial charge in [-0.05, 0) is 18.2 Å². The zero-order valence-electron chi connectivity index (χ0n) is 6.80. The maximum atomic E-state index is 10.5. The molecule has 5 heteroatoms. The van der Waals surface area contributed by atoms with Crippen LogP contribution in [0.3, 0.4) is 0 Å². The molecule has 1 aromatic heterocycles. The smallest absolute Gasteiger partial charge is 0.0878 e. The fraction of sp³-hybridized carbons (Fsp3) is 0. The van der Waals surface area contributed by atoms with Gasteiger partial charge in [0.15, 0.2) is 0 Å². The molecule has 0 aliphatic carbocycles. The second-order valence-electron chi connectivity index (χ2n) is 2.82. The van der Waals surface area contributed by atoms with Crippen LogP contribution in [0.15, 0.2) is 18.2 Å². The van der Waals surface area contributed by atoms with Gasteiger partial charge >= 0.3 is 0 Å². The minimum absolute atomic E-state index is 0.0100. The molecule has 0 aliphatic rings. The molecule has 2 aromatic rings. The van der Waals surface area contributed by atoms with Gasteiger partial charge in [-0.25, -0.2) is 0 Å². The van der Waals surface area contributed by atoms with Crippen molar-refractivity contribution in [3.05, 3.63) is 33.9 Å². The highest BCUT2D eigenvalue weighted by molar-refractivity contribution is 6.38. The summed E-state index contributed by atoms with van der Waals surface area (Å²) in [5.41, 5.74) is 0.575. The first-order valence-corrected chi connectivity index (χ1v) is 4.52. The number of aromatic carboxylic acids is 1. The molecule has 0 spiro atoms. The second-order valence-corrected chi connectivity index (χ2v) is 3.66. The Labute approximate surface area is 89.2 Å². The van der Waals surface area contributed by atoms with Crippen LogP contribution in [-0.4, -0.2) is 11.0 Å². The fourth-order valence-electron chi connectivity index (χ4n) is 1.27. The molecule has 0 radical (unpaired) electrons. The average Bonchev–Trinajstić information content (AvgIpc) is 2.47. The van der Waals surface area contributed by atoms with Gasteiger partial charge in [-0.15, -0.1) is 0 Å². The molecule has 0 amide bonds. The zero-order chi connectivity index (χ0) is 10.3. The molecule has 14 heavy (non-hydrogen) atoms. The number of rotatable bonds is 1. The molecule has 1 N–H and O–H groups in total. The molecule has 72 valence electrons. The number of hydrogen-bond donors (Lipinski definition) is 1. The normalized spacial score (nSPS) is 10.7. The minimum Gasteiger partial charge on any atom is -0.543 e. The molecule has 0 fully saturated rings. The lowest BCUT2D eigenvalue weighted by Crippen LogP contribution is -2.22. The van der Waals surface area contributed by atoms with Crippen LogP contribution in [0.2, 0.25) is 10.0 Å². The summed E-state index contributed by atoms with van der Waals surface area (Å²) in [6.07, 6.45) is 0. The Morgan fingerprint density at radius 1 is 1.29 bits per heavy atom. The van der Waals surface area contributed by atoms with Gasteiger partial charge in [0.05, 0.1) is 16.7 Å². The van der Waals surface area contributed by atoms with Crippen LogP contribution >= 0.6 is 23.2 Å². The van der Waals surface area contributed by atoms with Gasteiger partial charge in [0.25, 0.3) is 0 Å². The molecular weight excluding hydrogens is 225 g/mol. The predicted molar refractivity (Wildman–Crippen MR) is 52.6 cm³/mol. The van der Waals surface area contributed by atoms with Gasteiger partial charge in [0.2, 0.25) is 0 Å². The molecule has 0 bridgehead atoms. The van der Waals surface area contributed by atoms with Crippen molar-refractivity contribution in [2.75, 3.05) is 0 Å². The standard InChI is InChI=1S/C9H5Cl2NO2/c10-4-1-6(11)5-3-8(9(13)14)12-7(5)2-4/h1-3,12H,(H,13,14)/p-1. The van der Waals surface area contributed by atoms with Crippen LogP contribution in [0.25, 0.3) is 10.9 Å². The third-order valence-electron chi connectivity index (χ3n) is 1.87. The molecule has 0 saturated carbocycles. The number of fused-ring (bicyclic) bond motifs is 1. The van der Waals surface area contributed by atoms with Crippen LogP contribution in [0.1, 0.15) is 10.5 Å². The maximum Gasteiger partial charge on any atom is 0.0878 e. The highest BCUT2D eigenvalue weighted by Gasteiger charge is 2.06. The lowest BCUT2D eigenvalue weighted by atomic mass is 10.2. The number of carboxylic acids is 1. The molecule has 0 saturated heterocycles. The third-order valence-corrected chi connectivity index (χ3v) is 2.40. The second kappa shape index (κ2) is 3.19. The van der Waals surface area contributed by atoms with Crippen LogP contribution in [0.5, 0.6) is 0 Å². The van der Waals surface area contributed by atoms with Crippen molar-refractivity contribution >= 4 is 40.1 Å². The quantitative estimate of drug-likeness (QED) is 0.810. The number of carboxylic acid groups (broad SMARTS) is 1. The van der Waals surface area contributed by atoms with Crippen molar-refractivity contribution in [1.29, 1.82) is 0 Å². The van der Waals surface area contributed by atoms with E-state index in [-0.39, 0.29) is 5.69 Å². The van der Waals surface area contributed by atoms with Crippen LogP contribution in [0.4, 0.5) is 0 Å². The summed E-state index contributed by atoms with van der Waals surface area (Å²) in [5.74, 6) is -1.27. The van der Waals surface area contributed by atoms with E-state index < -0.39 is 5.97 Å². The number of carbonyl (C=O) groups is 1. The number of carbonyl (C=O) groups excluding carboxylic acids is 1. The Balaban J connectivity index is 2.76. The van der Waals surface area contributed by atoms with Crippen LogP contribution < -0.4 is 5.11 Å². The molecule has 0 unspecified atom stereocenters. The average molecular weight is 229 g/mol. The summed E-state index contributed by atoms with van der Waals surface area (Å²) in [5, 5.41) is 12.0. The monoisotopic (exact) mass is 228 g/mol. The van der Waals surface area contributed by atoms with E-state index >= 15 is 0 Å². The maximum absolute atomic E-state index is 10.5. The molecule has 3 nitrogen and oxygen atoms in total. The van der Waals surface area contributed by atoms with E-state index in [0.29, 0.717) is 20.9 Å². The van der Waals surface area contributed by atoms with Gasteiger partial charge in [0, 0.05) is 15.9 Å². The number of hydrogen-bond acceptors (Lipinski definition) is 2. The van der Waals surface area contributed by atoms with Gasteiger partial charge in [-0.1, -0.05) is 23.2 Å². The van der Waals surface area contributed by atoms with Gasteiger partial charge < -0.3 is 14.9 Å². The van der Waals surface area contributed by atoms with Crippen molar-refractivity contribution in [1.82, 2.24) is 4.98 Å². The molecule has 1 aromatic carbocycles. The lowest BCUT2D eigenvalue weighted by Gasteiger charge is -1.94. The Kier molecular flexibility index (Phi) is 2.13. The van der Waals surface area contributed by atoms with Gasteiger partial charge in [0.1, 0.15) is 0 Å². The Morgan fingerprint density at radius 3 is 2.64 bits per heavy atom. The number of benzene rings is 1. The van der Waals surface area contributed by atoms with E-state index in [2.05, 4.69) is 4.98 Å². The number of aromatic nitrogens is 1. The Hall–Kier alpha value is -1.19. The largest absolute Gasteiger partial charge is 0.543 e. The molecule has 0 aliphatic heterocycles. The van der Waals surface area contributed by atoms with Crippen molar-refractivity contribution in [2.24, 2.45) is 0 Å². The SMILES string of the molecule is O=C([O-])c1cc2c(Cl)cc(Cl)cc2[nH]1. The lowest BCUT2D eigenvalue weighted by molar-refractivity contribution is -0.255. The van der Waals surface area contributed by atoms with E-state index in [1.54, 1.807) is 12.1 Å². The highest BCUT2D eigenvalue weighted by Crippen LogP contribution is 2.28. The summed E-state index contributed by atoms with van der Waals surface area (Å²) in [4.78, 5) is 13.2. The molecule has 2 rings (SSSR count). The highest BCUT2D eigenvalue weighted by atomic mass is 35.5. The van der Waals surface area contributed by atoms with Gasteiger partial charge in [-0.3, -0.25) is 0 Å². The first-order valence-electron chi connectivity index (χ1n) is 3.77. The third kappa shape index (κ3) is 1.45. The summed E-state index contributed by atoms with van der Waals surface area (Å²) in [7, 11) is 0.